The van der Waals surface area contributed by atoms with Crippen molar-refractivity contribution in [2.75, 3.05) is 19.8 Å². The summed E-state index contributed by atoms with van der Waals surface area (Å²) in [5.74, 6) is -0.809. The zero-order valence-electron chi connectivity index (χ0n) is 19.3. The van der Waals surface area contributed by atoms with Gasteiger partial charge in [-0.3, -0.25) is 0 Å². The molecule has 0 amide bonds. The first-order valence-corrected chi connectivity index (χ1v) is 12.5. The van der Waals surface area contributed by atoms with Gasteiger partial charge < -0.3 is 14.2 Å². The van der Waals surface area contributed by atoms with Gasteiger partial charge in [-0.05, 0) is 74.8 Å². The second-order valence-electron chi connectivity index (χ2n) is 9.33. The topological polar surface area (TPSA) is 27.7 Å². The number of rotatable bonds is 11. The summed E-state index contributed by atoms with van der Waals surface area (Å²) in [5, 5.41) is 0. The van der Waals surface area contributed by atoms with Crippen molar-refractivity contribution in [3.8, 4) is 5.75 Å². The summed E-state index contributed by atoms with van der Waals surface area (Å²) in [5.41, 5.74) is 0.479. The maximum absolute atomic E-state index is 14.7. The Kier molecular flexibility index (Phi) is 10.0. The van der Waals surface area contributed by atoms with Crippen LogP contribution in [-0.4, -0.2) is 32.0 Å². The summed E-state index contributed by atoms with van der Waals surface area (Å²) in [6.45, 7) is 6.21. The lowest BCUT2D eigenvalue weighted by molar-refractivity contribution is -0.0858. The van der Waals surface area contributed by atoms with Gasteiger partial charge in [0.1, 0.15) is 0 Å². The molecule has 0 N–H and O–H groups in total. The molecule has 5 heteroatoms. The molecule has 0 spiro atoms. The molecule has 1 aliphatic heterocycles. The van der Waals surface area contributed by atoms with E-state index in [1.54, 1.807) is 12.1 Å². The van der Waals surface area contributed by atoms with Crippen LogP contribution in [0.15, 0.2) is 12.1 Å². The lowest BCUT2D eigenvalue weighted by Crippen LogP contribution is -2.32. The molecular formula is C26H40F2O3. The molecular weight excluding hydrogens is 398 g/mol. The van der Waals surface area contributed by atoms with Gasteiger partial charge in [0.15, 0.2) is 11.6 Å². The fourth-order valence-electron chi connectivity index (χ4n) is 4.80. The SMILES string of the molecule is CCCCOc1ccc(C2CCC(OCC3CCC(CCCC)CO3)CC2)c(F)c1F. The Hall–Kier alpha value is -1.20. The van der Waals surface area contributed by atoms with Gasteiger partial charge in [-0.15, -0.1) is 0 Å². The number of hydrogen-bond acceptors (Lipinski definition) is 3. The van der Waals surface area contributed by atoms with E-state index in [-0.39, 0.29) is 23.9 Å². The van der Waals surface area contributed by atoms with E-state index in [4.69, 9.17) is 14.2 Å². The Morgan fingerprint density at radius 1 is 0.935 bits per heavy atom. The Bertz CT molecular complexity index is 650. The molecule has 3 rings (SSSR count). The second kappa shape index (κ2) is 12.7. The zero-order valence-corrected chi connectivity index (χ0v) is 19.3. The largest absolute Gasteiger partial charge is 0.490 e. The first-order valence-electron chi connectivity index (χ1n) is 12.5. The van der Waals surface area contributed by atoms with Gasteiger partial charge in [0, 0.05) is 6.61 Å². The summed E-state index contributed by atoms with van der Waals surface area (Å²) >= 11 is 0. The Labute approximate surface area is 186 Å². The maximum atomic E-state index is 14.7. The number of halogens is 2. The van der Waals surface area contributed by atoms with E-state index in [1.807, 2.05) is 6.92 Å². The number of unbranched alkanes of at least 4 members (excludes halogenated alkanes) is 2. The average Bonchev–Trinajstić information content (AvgIpc) is 2.80. The Morgan fingerprint density at radius 3 is 2.39 bits per heavy atom. The predicted molar refractivity (Wildman–Crippen MR) is 120 cm³/mol. The van der Waals surface area contributed by atoms with E-state index in [9.17, 15) is 8.78 Å². The van der Waals surface area contributed by atoms with Gasteiger partial charge in [-0.2, -0.15) is 4.39 Å². The van der Waals surface area contributed by atoms with Gasteiger partial charge >= 0.3 is 0 Å². The second-order valence-corrected chi connectivity index (χ2v) is 9.33. The summed E-state index contributed by atoms with van der Waals surface area (Å²) in [6.07, 6.45) is 11.7. The normalized spacial score (nSPS) is 26.7. The average molecular weight is 439 g/mol. The molecule has 1 heterocycles. The first-order chi connectivity index (χ1) is 15.1. The number of benzene rings is 1. The first kappa shape index (κ1) is 24.4. The van der Waals surface area contributed by atoms with Crippen molar-refractivity contribution >= 4 is 0 Å². The van der Waals surface area contributed by atoms with Crippen LogP contribution in [-0.2, 0) is 9.47 Å². The number of ether oxygens (including phenoxy) is 3. The van der Waals surface area contributed by atoms with Crippen LogP contribution in [0.25, 0.3) is 0 Å². The minimum atomic E-state index is -0.848. The molecule has 2 fully saturated rings. The molecule has 176 valence electrons. The monoisotopic (exact) mass is 438 g/mol. The Morgan fingerprint density at radius 2 is 1.71 bits per heavy atom. The minimum Gasteiger partial charge on any atom is -0.490 e. The highest BCUT2D eigenvalue weighted by atomic mass is 19.2. The highest BCUT2D eigenvalue weighted by Gasteiger charge is 2.28. The van der Waals surface area contributed by atoms with Crippen LogP contribution in [0, 0.1) is 17.6 Å². The highest BCUT2D eigenvalue weighted by molar-refractivity contribution is 5.33. The van der Waals surface area contributed by atoms with Gasteiger partial charge in [0.25, 0.3) is 0 Å². The van der Waals surface area contributed by atoms with Crippen LogP contribution >= 0.6 is 0 Å². The summed E-state index contributed by atoms with van der Waals surface area (Å²) < 4.78 is 46.6. The van der Waals surface area contributed by atoms with Crippen LogP contribution in [0.2, 0.25) is 0 Å². The lowest BCUT2D eigenvalue weighted by Gasteiger charge is -2.32. The molecule has 0 aromatic heterocycles. The van der Waals surface area contributed by atoms with E-state index in [0.29, 0.717) is 24.7 Å². The van der Waals surface area contributed by atoms with E-state index in [1.165, 1.54) is 25.7 Å². The van der Waals surface area contributed by atoms with Gasteiger partial charge in [-0.1, -0.05) is 39.2 Å². The van der Waals surface area contributed by atoms with E-state index in [0.717, 1.165) is 51.6 Å². The van der Waals surface area contributed by atoms with Crippen molar-refractivity contribution in [1.82, 2.24) is 0 Å². The predicted octanol–water partition coefficient (Wildman–Crippen LogP) is 7.17. The molecule has 1 aromatic carbocycles. The van der Waals surface area contributed by atoms with E-state index >= 15 is 0 Å². The third kappa shape index (κ3) is 7.15. The Balaban J connectivity index is 1.40. The third-order valence-electron chi connectivity index (χ3n) is 6.89. The third-order valence-corrected chi connectivity index (χ3v) is 6.89. The van der Waals surface area contributed by atoms with E-state index < -0.39 is 11.6 Å². The van der Waals surface area contributed by atoms with Crippen LogP contribution in [0.4, 0.5) is 8.78 Å². The van der Waals surface area contributed by atoms with Crippen LogP contribution in [0.5, 0.6) is 5.75 Å². The number of hydrogen-bond donors (Lipinski definition) is 0. The molecule has 31 heavy (non-hydrogen) atoms. The van der Waals surface area contributed by atoms with Gasteiger partial charge in [0.05, 0.1) is 25.4 Å². The lowest BCUT2D eigenvalue weighted by atomic mass is 9.82. The molecule has 1 saturated heterocycles. The van der Waals surface area contributed by atoms with Crippen molar-refractivity contribution < 1.29 is 23.0 Å². The molecule has 1 aliphatic carbocycles. The molecule has 1 aromatic rings. The summed E-state index contributed by atoms with van der Waals surface area (Å²) in [4.78, 5) is 0. The summed E-state index contributed by atoms with van der Waals surface area (Å²) in [6, 6.07) is 3.29. The van der Waals surface area contributed by atoms with E-state index in [2.05, 4.69) is 6.92 Å². The molecule has 0 bridgehead atoms. The van der Waals surface area contributed by atoms with Gasteiger partial charge in [-0.25, -0.2) is 4.39 Å². The van der Waals surface area contributed by atoms with Crippen molar-refractivity contribution in [3.05, 3.63) is 29.3 Å². The van der Waals surface area contributed by atoms with Crippen molar-refractivity contribution in [3.63, 3.8) is 0 Å². The maximum Gasteiger partial charge on any atom is 0.200 e. The quantitative estimate of drug-likeness (QED) is 0.343. The fraction of sp³-hybridized carbons (Fsp3) is 0.769. The molecule has 2 unspecified atom stereocenters. The molecule has 3 nitrogen and oxygen atoms in total. The van der Waals surface area contributed by atoms with Crippen molar-refractivity contribution in [1.29, 1.82) is 0 Å². The minimum absolute atomic E-state index is 0.0242. The zero-order chi connectivity index (χ0) is 22.1. The molecule has 0 radical (unpaired) electrons. The van der Waals surface area contributed by atoms with Crippen LogP contribution < -0.4 is 4.74 Å². The van der Waals surface area contributed by atoms with Crippen molar-refractivity contribution in [2.45, 2.75) is 103 Å². The smallest absolute Gasteiger partial charge is 0.200 e. The van der Waals surface area contributed by atoms with Crippen LogP contribution in [0.1, 0.15) is 96.0 Å². The van der Waals surface area contributed by atoms with Crippen molar-refractivity contribution in [2.24, 2.45) is 5.92 Å². The molecule has 1 saturated carbocycles. The fourth-order valence-corrected chi connectivity index (χ4v) is 4.80. The summed E-state index contributed by atoms with van der Waals surface area (Å²) in [7, 11) is 0. The molecule has 2 aliphatic rings. The molecule has 2 atom stereocenters. The van der Waals surface area contributed by atoms with Crippen LogP contribution in [0.3, 0.4) is 0 Å². The standard InChI is InChI=1S/C26H40F2O3/c1-3-5-7-19-8-11-22(30-17-19)18-31-21-12-9-20(10-13-21)23-14-15-24(26(28)25(23)27)29-16-6-4-2/h14-15,19-22H,3-13,16-18H2,1-2H3. The highest BCUT2D eigenvalue weighted by Crippen LogP contribution is 2.37. The van der Waals surface area contributed by atoms with Gasteiger partial charge in [0.2, 0.25) is 5.82 Å².